The molecule has 0 aliphatic heterocycles. The molecule has 1 atom stereocenters. The summed E-state index contributed by atoms with van der Waals surface area (Å²) in [6.07, 6.45) is 3.15. The largest absolute Gasteiger partial charge is 0.505 e. The first-order chi connectivity index (χ1) is 13.9. The van der Waals surface area contributed by atoms with Crippen LogP contribution in [0.4, 0.5) is 10.2 Å². The summed E-state index contributed by atoms with van der Waals surface area (Å²) in [5.74, 6) is 0.196. The zero-order valence-corrected chi connectivity index (χ0v) is 16.7. The Labute approximate surface area is 173 Å². The van der Waals surface area contributed by atoms with Gasteiger partial charge in [0.05, 0.1) is 11.1 Å². The number of aryl methyl sites for hydroxylation is 2. The molecule has 0 aliphatic rings. The van der Waals surface area contributed by atoms with E-state index < -0.39 is 6.04 Å². The molecule has 146 valence electrons. The van der Waals surface area contributed by atoms with E-state index in [2.05, 4.69) is 15.3 Å². The van der Waals surface area contributed by atoms with Crippen LogP contribution in [0.1, 0.15) is 28.3 Å². The highest BCUT2D eigenvalue weighted by molar-refractivity contribution is 6.30. The second-order valence-electron chi connectivity index (χ2n) is 7.00. The van der Waals surface area contributed by atoms with E-state index in [1.807, 2.05) is 32.0 Å². The zero-order valence-electron chi connectivity index (χ0n) is 15.9. The molecular weight excluding hydrogens is 389 g/mol. The number of anilines is 1. The maximum atomic E-state index is 14.9. The fraction of sp³-hybridized carbons (Fsp3) is 0.130. The molecule has 0 fully saturated rings. The normalized spacial score (nSPS) is 12.1. The summed E-state index contributed by atoms with van der Waals surface area (Å²) in [4.78, 5) is 8.63. The van der Waals surface area contributed by atoms with Crippen molar-refractivity contribution in [3.63, 3.8) is 0 Å². The first kappa shape index (κ1) is 19.2. The monoisotopic (exact) mass is 407 g/mol. The minimum atomic E-state index is -0.672. The van der Waals surface area contributed by atoms with E-state index in [9.17, 15) is 9.50 Å². The highest BCUT2D eigenvalue weighted by atomic mass is 35.5. The molecule has 4 nitrogen and oxygen atoms in total. The molecule has 29 heavy (non-hydrogen) atoms. The van der Waals surface area contributed by atoms with Gasteiger partial charge in [0.2, 0.25) is 0 Å². The zero-order chi connectivity index (χ0) is 20.5. The lowest BCUT2D eigenvalue weighted by molar-refractivity contribution is 0.470. The number of aromatic nitrogens is 2. The lowest BCUT2D eigenvalue weighted by Crippen LogP contribution is -2.16. The Balaban J connectivity index is 1.89. The van der Waals surface area contributed by atoms with Crippen LogP contribution in [-0.2, 0) is 0 Å². The molecule has 6 heteroatoms. The number of pyridine rings is 2. The van der Waals surface area contributed by atoms with Crippen LogP contribution in [0.2, 0.25) is 5.02 Å². The van der Waals surface area contributed by atoms with E-state index in [1.54, 1.807) is 30.5 Å². The number of hydrogen-bond donors (Lipinski definition) is 2. The predicted molar refractivity (Wildman–Crippen MR) is 114 cm³/mol. The van der Waals surface area contributed by atoms with Gasteiger partial charge in [0, 0.05) is 28.9 Å². The van der Waals surface area contributed by atoms with Crippen LogP contribution in [0.3, 0.4) is 0 Å². The van der Waals surface area contributed by atoms with Crippen LogP contribution >= 0.6 is 11.6 Å². The second-order valence-corrected chi connectivity index (χ2v) is 7.44. The van der Waals surface area contributed by atoms with Crippen LogP contribution in [0.5, 0.6) is 5.75 Å². The third kappa shape index (κ3) is 3.74. The average Bonchev–Trinajstić information content (AvgIpc) is 2.69. The second kappa shape index (κ2) is 7.68. The van der Waals surface area contributed by atoms with Gasteiger partial charge >= 0.3 is 0 Å². The molecule has 0 saturated carbocycles. The van der Waals surface area contributed by atoms with Gasteiger partial charge in [0.15, 0.2) is 0 Å². The van der Waals surface area contributed by atoms with Crippen LogP contribution in [0.15, 0.2) is 60.9 Å². The minimum Gasteiger partial charge on any atom is -0.505 e. The SMILES string of the molecule is Cc1ccc(C(Nc2ncc(Cl)cc2C)c2ccc3cccnc3c2O)c(F)c1. The highest BCUT2D eigenvalue weighted by Crippen LogP contribution is 2.37. The summed E-state index contributed by atoms with van der Waals surface area (Å²) in [7, 11) is 0. The van der Waals surface area contributed by atoms with Gasteiger partial charge in [-0.3, -0.25) is 4.98 Å². The van der Waals surface area contributed by atoms with Gasteiger partial charge < -0.3 is 10.4 Å². The van der Waals surface area contributed by atoms with Crippen LogP contribution in [0, 0.1) is 19.7 Å². The van der Waals surface area contributed by atoms with Crippen molar-refractivity contribution in [2.45, 2.75) is 19.9 Å². The highest BCUT2D eigenvalue weighted by Gasteiger charge is 2.23. The molecule has 4 aromatic rings. The number of aromatic hydroxyl groups is 1. The van der Waals surface area contributed by atoms with Crippen molar-refractivity contribution >= 4 is 28.3 Å². The summed E-state index contributed by atoms with van der Waals surface area (Å²) in [5.41, 5.74) is 3.00. The number of hydrogen-bond acceptors (Lipinski definition) is 4. The molecule has 0 aliphatic carbocycles. The maximum Gasteiger partial charge on any atom is 0.147 e. The fourth-order valence-corrected chi connectivity index (χ4v) is 3.61. The molecule has 2 aromatic heterocycles. The fourth-order valence-electron chi connectivity index (χ4n) is 3.40. The topological polar surface area (TPSA) is 58.0 Å². The van der Waals surface area contributed by atoms with Crippen molar-refractivity contribution in [1.82, 2.24) is 9.97 Å². The van der Waals surface area contributed by atoms with E-state index >= 15 is 0 Å². The van der Waals surface area contributed by atoms with Crippen molar-refractivity contribution in [2.24, 2.45) is 0 Å². The molecule has 1 unspecified atom stereocenters. The van der Waals surface area contributed by atoms with Gasteiger partial charge in [-0.15, -0.1) is 0 Å². The van der Waals surface area contributed by atoms with E-state index in [1.165, 1.54) is 12.3 Å². The molecular formula is C23H19ClFN3O. The van der Waals surface area contributed by atoms with Gasteiger partial charge in [-0.1, -0.05) is 41.9 Å². The summed E-state index contributed by atoms with van der Waals surface area (Å²) < 4.78 is 14.9. The summed E-state index contributed by atoms with van der Waals surface area (Å²) in [6.45, 7) is 3.70. The van der Waals surface area contributed by atoms with E-state index in [4.69, 9.17) is 11.6 Å². The predicted octanol–water partition coefficient (Wildman–Crippen LogP) is 5.95. The Hall–Kier alpha value is -3.18. The molecule has 2 aromatic carbocycles. The lowest BCUT2D eigenvalue weighted by Gasteiger charge is -2.23. The third-order valence-corrected chi connectivity index (χ3v) is 5.09. The Morgan fingerprint density at radius 1 is 1.03 bits per heavy atom. The Morgan fingerprint density at radius 2 is 1.83 bits per heavy atom. The van der Waals surface area contributed by atoms with Gasteiger partial charge in [-0.25, -0.2) is 9.37 Å². The van der Waals surface area contributed by atoms with E-state index in [0.717, 1.165) is 16.5 Å². The van der Waals surface area contributed by atoms with Crippen molar-refractivity contribution in [2.75, 3.05) is 5.32 Å². The van der Waals surface area contributed by atoms with Gasteiger partial charge in [0.25, 0.3) is 0 Å². The first-order valence-electron chi connectivity index (χ1n) is 9.15. The number of phenolic OH excluding ortho intramolecular Hbond substituents is 1. The average molecular weight is 408 g/mol. The van der Waals surface area contributed by atoms with Crippen molar-refractivity contribution in [3.05, 3.63) is 94.0 Å². The maximum absolute atomic E-state index is 14.9. The lowest BCUT2D eigenvalue weighted by atomic mass is 9.95. The smallest absolute Gasteiger partial charge is 0.147 e. The molecule has 4 rings (SSSR count). The van der Waals surface area contributed by atoms with Crippen molar-refractivity contribution in [1.29, 1.82) is 0 Å². The quantitative estimate of drug-likeness (QED) is 0.439. The molecule has 0 radical (unpaired) electrons. The van der Waals surface area contributed by atoms with Gasteiger partial charge in [0.1, 0.15) is 22.9 Å². The van der Waals surface area contributed by atoms with Crippen molar-refractivity contribution in [3.8, 4) is 5.75 Å². The van der Waals surface area contributed by atoms with Gasteiger partial charge in [-0.05, 0) is 43.2 Å². The van der Waals surface area contributed by atoms with Crippen molar-refractivity contribution < 1.29 is 9.50 Å². The summed E-state index contributed by atoms with van der Waals surface area (Å²) in [6, 6.07) is 13.4. The third-order valence-electron chi connectivity index (χ3n) is 4.88. The van der Waals surface area contributed by atoms with Gasteiger partial charge in [-0.2, -0.15) is 0 Å². The number of fused-ring (bicyclic) bond motifs is 1. The molecule has 0 amide bonds. The molecule has 2 N–H and O–H groups in total. The number of phenols is 1. The van der Waals surface area contributed by atoms with Crippen LogP contribution in [-0.4, -0.2) is 15.1 Å². The first-order valence-corrected chi connectivity index (χ1v) is 9.53. The molecule has 0 bridgehead atoms. The summed E-state index contributed by atoms with van der Waals surface area (Å²) >= 11 is 6.02. The van der Waals surface area contributed by atoms with Crippen LogP contribution in [0.25, 0.3) is 10.9 Å². The summed E-state index contributed by atoms with van der Waals surface area (Å²) in [5, 5.41) is 15.5. The minimum absolute atomic E-state index is 0.00666. The Kier molecular flexibility index (Phi) is 5.07. The number of rotatable bonds is 4. The number of benzene rings is 2. The number of nitrogens with one attached hydrogen (secondary N) is 1. The molecule has 0 saturated heterocycles. The standard InChI is InChI=1S/C23H19ClFN3O/c1-13-5-7-17(19(25)10-13)21(28-23-14(2)11-16(24)12-27-23)18-8-6-15-4-3-9-26-20(15)22(18)29/h3-12,21,29H,1-2H3,(H,27,28). The van der Waals surface area contributed by atoms with Crippen LogP contribution < -0.4 is 5.32 Å². The number of halogens is 2. The number of nitrogens with zero attached hydrogens (tertiary/aromatic N) is 2. The Morgan fingerprint density at radius 3 is 2.59 bits per heavy atom. The molecule has 0 spiro atoms. The molecule has 2 heterocycles. The van der Waals surface area contributed by atoms with E-state index in [0.29, 0.717) is 27.5 Å². The Bertz CT molecular complexity index is 1210. The van der Waals surface area contributed by atoms with E-state index in [-0.39, 0.29) is 11.6 Å².